The highest BCUT2D eigenvalue weighted by molar-refractivity contribution is 6.30. The van der Waals surface area contributed by atoms with Gasteiger partial charge in [0.1, 0.15) is 0 Å². The van der Waals surface area contributed by atoms with Crippen LogP contribution in [0.5, 0.6) is 0 Å². The highest BCUT2D eigenvalue weighted by atomic mass is 35.5. The molecule has 0 atom stereocenters. The van der Waals surface area contributed by atoms with E-state index in [0.29, 0.717) is 13.1 Å². The second kappa shape index (κ2) is 5.74. The van der Waals surface area contributed by atoms with E-state index in [2.05, 4.69) is 9.74 Å². The Morgan fingerprint density at radius 1 is 1.33 bits per heavy atom. The summed E-state index contributed by atoms with van der Waals surface area (Å²) in [6.07, 6.45) is 0. The average molecular weight is 264 g/mol. The van der Waals surface area contributed by atoms with Gasteiger partial charge in [-0.05, 0) is 18.2 Å². The van der Waals surface area contributed by atoms with Crippen LogP contribution in [0.1, 0.15) is 0 Å². The molecule has 1 aliphatic heterocycles. The van der Waals surface area contributed by atoms with Crippen molar-refractivity contribution in [2.75, 3.05) is 37.6 Å². The first-order valence-corrected chi connectivity index (χ1v) is 6.20. The third-order valence-electron chi connectivity index (χ3n) is 3.02. The molecule has 1 aromatic rings. The van der Waals surface area contributed by atoms with E-state index in [4.69, 9.17) is 18.2 Å². The standard InChI is InChI=1S/C13H14ClN3O/c1-15-10-13(18)17-7-5-16(6-8-17)12-4-2-3-11(14)9-12/h2-4,9H,5-8,10H2. The van der Waals surface area contributed by atoms with Gasteiger partial charge in [0, 0.05) is 36.9 Å². The minimum atomic E-state index is -0.0734. The lowest BCUT2D eigenvalue weighted by Crippen LogP contribution is -2.49. The molecule has 4 nitrogen and oxygen atoms in total. The van der Waals surface area contributed by atoms with E-state index in [0.717, 1.165) is 23.8 Å². The van der Waals surface area contributed by atoms with Crippen molar-refractivity contribution in [2.45, 2.75) is 0 Å². The summed E-state index contributed by atoms with van der Waals surface area (Å²) >= 11 is 5.96. The average Bonchev–Trinajstić information content (AvgIpc) is 2.39. The fourth-order valence-corrected chi connectivity index (χ4v) is 2.24. The van der Waals surface area contributed by atoms with Gasteiger partial charge >= 0.3 is 5.91 Å². The molecule has 1 heterocycles. The van der Waals surface area contributed by atoms with Crippen molar-refractivity contribution < 1.29 is 4.79 Å². The molecule has 1 saturated heterocycles. The van der Waals surface area contributed by atoms with Gasteiger partial charge in [-0.2, -0.15) is 0 Å². The summed E-state index contributed by atoms with van der Waals surface area (Å²) in [7, 11) is 0. The topological polar surface area (TPSA) is 27.9 Å². The number of benzene rings is 1. The van der Waals surface area contributed by atoms with E-state index in [9.17, 15) is 4.79 Å². The Morgan fingerprint density at radius 3 is 2.67 bits per heavy atom. The first kappa shape index (κ1) is 12.7. The van der Waals surface area contributed by atoms with Gasteiger partial charge in [0.25, 0.3) is 6.54 Å². The van der Waals surface area contributed by atoms with Gasteiger partial charge in [-0.1, -0.05) is 17.7 Å². The first-order chi connectivity index (χ1) is 8.70. The van der Waals surface area contributed by atoms with E-state index in [1.54, 1.807) is 4.90 Å². The molecule has 0 bridgehead atoms. The molecule has 0 saturated carbocycles. The van der Waals surface area contributed by atoms with E-state index < -0.39 is 0 Å². The Balaban J connectivity index is 1.95. The van der Waals surface area contributed by atoms with Crippen LogP contribution in [0.3, 0.4) is 0 Å². The maximum atomic E-state index is 11.6. The van der Waals surface area contributed by atoms with Crippen LogP contribution in [-0.2, 0) is 4.79 Å². The van der Waals surface area contributed by atoms with Crippen LogP contribution in [0.2, 0.25) is 5.02 Å². The van der Waals surface area contributed by atoms with Crippen molar-refractivity contribution in [3.05, 3.63) is 40.7 Å². The molecular weight excluding hydrogens is 250 g/mol. The molecule has 1 fully saturated rings. The maximum Gasteiger partial charge on any atom is 0.302 e. The molecule has 1 amide bonds. The van der Waals surface area contributed by atoms with Crippen LogP contribution >= 0.6 is 11.6 Å². The molecule has 0 spiro atoms. The molecule has 0 unspecified atom stereocenters. The second-order valence-electron chi connectivity index (χ2n) is 4.16. The molecule has 1 aliphatic rings. The van der Waals surface area contributed by atoms with Gasteiger partial charge in [-0.3, -0.25) is 4.79 Å². The van der Waals surface area contributed by atoms with Crippen molar-refractivity contribution in [3.63, 3.8) is 0 Å². The Labute approximate surface area is 112 Å². The van der Waals surface area contributed by atoms with Crippen LogP contribution in [0.4, 0.5) is 5.69 Å². The smallest absolute Gasteiger partial charge is 0.302 e. The van der Waals surface area contributed by atoms with Gasteiger partial charge in [-0.15, -0.1) is 0 Å². The van der Waals surface area contributed by atoms with Crippen LogP contribution in [0.25, 0.3) is 4.85 Å². The quantitative estimate of drug-likeness (QED) is 0.763. The molecule has 18 heavy (non-hydrogen) atoms. The number of hydrogen-bond acceptors (Lipinski definition) is 2. The summed E-state index contributed by atoms with van der Waals surface area (Å²) in [6, 6.07) is 7.72. The maximum absolute atomic E-state index is 11.6. The molecule has 94 valence electrons. The van der Waals surface area contributed by atoms with Crippen molar-refractivity contribution >= 4 is 23.2 Å². The van der Waals surface area contributed by atoms with Gasteiger partial charge < -0.3 is 14.6 Å². The first-order valence-electron chi connectivity index (χ1n) is 5.82. The molecular formula is C13H14ClN3O. The lowest BCUT2D eigenvalue weighted by atomic mass is 10.2. The number of carbonyl (C=O) groups excluding carboxylic acids is 1. The van der Waals surface area contributed by atoms with Gasteiger partial charge in [0.05, 0.1) is 0 Å². The largest absolute Gasteiger partial charge is 0.368 e. The predicted octanol–water partition coefficient (Wildman–Crippen LogP) is 1.91. The van der Waals surface area contributed by atoms with Crippen LogP contribution in [-0.4, -0.2) is 43.5 Å². The Bertz CT molecular complexity index is 475. The number of halogens is 1. The molecule has 0 aromatic heterocycles. The predicted molar refractivity (Wildman–Crippen MR) is 71.7 cm³/mol. The number of hydrogen-bond donors (Lipinski definition) is 0. The van der Waals surface area contributed by atoms with Crippen LogP contribution < -0.4 is 4.90 Å². The summed E-state index contributed by atoms with van der Waals surface area (Å²) in [5, 5.41) is 0.721. The zero-order valence-corrected chi connectivity index (χ0v) is 10.7. The fourth-order valence-electron chi connectivity index (χ4n) is 2.05. The second-order valence-corrected chi connectivity index (χ2v) is 4.60. The number of carbonyl (C=O) groups is 1. The number of anilines is 1. The zero-order valence-electron chi connectivity index (χ0n) is 9.97. The van der Waals surface area contributed by atoms with Crippen molar-refractivity contribution in [1.29, 1.82) is 0 Å². The third-order valence-corrected chi connectivity index (χ3v) is 3.26. The highest BCUT2D eigenvalue weighted by Crippen LogP contribution is 2.20. The molecule has 1 aromatic carbocycles. The number of piperazine rings is 1. The van der Waals surface area contributed by atoms with Crippen molar-refractivity contribution in [3.8, 4) is 0 Å². The van der Waals surface area contributed by atoms with Crippen molar-refractivity contribution in [2.24, 2.45) is 0 Å². The molecule has 0 radical (unpaired) electrons. The lowest BCUT2D eigenvalue weighted by molar-refractivity contribution is -0.129. The highest BCUT2D eigenvalue weighted by Gasteiger charge is 2.22. The third kappa shape index (κ3) is 2.93. The Morgan fingerprint density at radius 2 is 2.06 bits per heavy atom. The Kier molecular flexibility index (Phi) is 4.06. The molecule has 0 N–H and O–H groups in total. The summed E-state index contributed by atoms with van der Waals surface area (Å²) in [4.78, 5) is 18.6. The minimum Gasteiger partial charge on any atom is -0.368 e. The summed E-state index contributed by atoms with van der Waals surface area (Å²) < 4.78 is 0. The summed E-state index contributed by atoms with van der Waals surface area (Å²) in [5.74, 6) is -0.0734. The lowest BCUT2D eigenvalue weighted by Gasteiger charge is -2.35. The number of amides is 1. The number of nitrogens with zero attached hydrogens (tertiary/aromatic N) is 3. The fraction of sp³-hybridized carbons (Fsp3) is 0.385. The summed E-state index contributed by atoms with van der Waals surface area (Å²) in [6.45, 7) is 9.56. The molecule has 5 heteroatoms. The SMILES string of the molecule is [C-]#[N+]CC(=O)N1CCN(c2cccc(Cl)c2)CC1. The summed E-state index contributed by atoms with van der Waals surface area (Å²) in [5.41, 5.74) is 1.08. The normalized spacial score (nSPS) is 15.3. The number of rotatable bonds is 2. The van der Waals surface area contributed by atoms with Crippen molar-refractivity contribution in [1.82, 2.24) is 4.90 Å². The van der Waals surface area contributed by atoms with E-state index >= 15 is 0 Å². The molecule has 0 aliphatic carbocycles. The van der Waals surface area contributed by atoms with Crippen LogP contribution in [0, 0.1) is 6.57 Å². The zero-order chi connectivity index (χ0) is 13.0. The Hall–Kier alpha value is -1.73. The van der Waals surface area contributed by atoms with Gasteiger partial charge in [0.2, 0.25) is 0 Å². The van der Waals surface area contributed by atoms with Crippen LogP contribution in [0.15, 0.2) is 24.3 Å². The van der Waals surface area contributed by atoms with Gasteiger partial charge in [0.15, 0.2) is 0 Å². The van der Waals surface area contributed by atoms with E-state index in [-0.39, 0.29) is 12.5 Å². The minimum absolute atomic E-state index is 0.0445. The van der Waals surface area contributed by atoms with E-state index in [1.807, 2.05) is 24.3 Å². The monoisotopic (exact) mass is 263 g/mol. The molecule has 2 rings (SSSR count). The van der Waals surface area contributed by atoms with Gasteiger partial charge in [-0.25, -0.2) is 6.57 Å². The van der Waals surface area contributed by atoms with E-state index in [1.165, 1.54) is 0 Å².